The fraction of sp³-hybridized carbons (Fsp3) is 0.294. The van der Waals surface area contributed by atoms with Crippen molar-refractivity contribution in [3.05, 3.63) is 54.0 Å². The summed E-state index contributed by atoms with van der Waals surface area (Å²) < 4.78 is 42.8. The summed E-state index contributed by atoms with van der Waals surface area (Å²) in [6, 6.07) is 7.64. The highest BCUT2D eigenvalue weighted by Crippen LogP contribution is 2.30. The van der Waals surface area contributed by atoms with Crippen LogP contribution in [-0.2, 0) is 22.3 Å². The minimum Gasteiger partial charge on any atom is -0.467 e. The van der Waals surface area contributed by atoms with E-state index in [4.69, 9.17) is 4.42 Å². The molecule has 1 fully saturated rings. The maximum Gasteiger partial charge on any atom is 0.416 e. The van der Waals surface area contributed by atoms with Crippen molar-refractivity contribution in [3.63, 3.8) is 0 Å². The van der Waals surface area contributed by atoms with Crippen molar-refractivity contribution in [1.29, 1.82) is 0 Å². The van der Waals surface area contributed by atoms with E-state index in [0.29, 0.717) is 5.76 Å². The summed E-state index contributed by atoms with van der Waals surface area (Å²) in [5.74, 6) is -0.485. The van der Waals surface area contributed by atoms with Gasteiger partial charge in [0.05, 0.1) is 24.3 Å². The van der Waals surface area contributed by atoms with Crippen LogP contribution in [0.4, 0.5) is 18.9 Å². The summed E-state index contributed by atoms with van der Waals surface area (Å²) in [7, 11) is 0. The van der Waals surface area contributed by atoms with Gasteiger partial charge in [-0.05, 0) is 36.4 Å². The monoisotopic (exact) mass is 352 g/mol. The fourth-order valence-electron chi connectivity index (χ4n) is 2.68. The van der Waals surface area contributed by atoms with E-state index < -0.39 is 23.6 Å². The van der Waals surface area contributed by atoms with E-state index in [1.807, 2.05) is 0 Å². The quantitative estimate of drug-likeness (QED) is 0.918. The van der Waals surface area contributed by atoms with Crippen molar-refractivity contribution >= 4 is 17.5 Å². The molecule has 2 heterocycles. The average Bonchev–Trinajstić information content (AvgIpc) is 3.18. The predicted molar refractivity (Wildman–Crippen MR) is 82.3 cm³/mol. The largest absolute Gasteiger partial charge is 0.467 e. The number of furan rings is 1. The molecular formula is C17H15F3N2O3. The molecule has 1 aromatic heterocycles. The van der Waals surface area contributed by atoms with Gasteiger partial charge in [-0.15, -0.1) is 0 Å². The molecule has 1 aliphatic rings. The highest BCUT2D eigenvalue weighted by molar-refractivity contribution is 5.97. The van der Waals surface area contributed by atoms with Crippen molar-refractivity contribution in [3.8, 4) is 0 Å². The van der Waals surface area contributed by atoms with E-state index in [-0.39, 0.29) is 31.1 Å². The Labute approximate surface area is 141 Å². The number of hydrogen-bond acceptors (Lipinski definition) is 3. The predicted octanol–water partition coefficient (Wildman–Crippen LogP) is 3.29. The number of nitrogens with zero attached hydrogens (tertiary/aromatic N) is 1. The number of anilines is 1. The Hall–Kier alpha value is -2.77. The van der Waals surface area contributed by atoms with Crippen LogP contribution >= 0.6 is 0 Å². The van der Waals surface area contributed by atoms with Crippen molar-refractivity contribution in [1.82, 2.24) is 4.90 Å². The van der Waals surface area contributed by atoms with E-state index >= 15 is 0 Å². The van der Waals surface area contributed by atoms with Gasteiger partial charge in [0.1, 0.15) is 5.76 Å². The number of nitrogens with one attached hydrogen (secondary N) is 1. The lowest BCUT2D eigenvalue weighted by molar-refractivity contribution is -0.137. The topological polar surface area (TPSA) is 62.6 Å². The second kappa shape index (κ2) is 6.62. The maximum atomic E-state index is 12.5. The lowest BCUT2D eigenvalue weighted by atomic mass is 10.1. The average molecular weight is 352 g/mol. The number of alkyl halides is 3. The van der Waals surface area contributed by atoms with Crippen molar-refractivity contribution < 1.29 is 27.2 Å². The van der Waals surface area contributed by atoms with Gasteiger partial charge in [-0.2, -0.15) is 13.2 Å². The molecule has 1 aliphatic heterocycles. The summed E-state index contributed by atoms with van der Waals surface area (Å²) in [6.07, 6.45) is -2.86. The van der Waals surface area contributed by atoms with Gasteiger partial charge in [0.15, 0.2) is 0 Å². The third kappa shape index (κ3) is 4.01. The zero-order valence-corrected chi connectivity index (χ0v) is 13.0. The van der Waals surface area contributed by atoms with Crippen LogP contribution in [0.15, 0.2) is 47.1 Å². The van der Waals surface area contributed by atoms with Crippen molar-refractivity contribution in [2.75, 3.05) is 11.9 Å². The first kappa shape index (κ1) is 17.1. The van der Waals surface area contributed by atoms with Gasteiger partial charge in [0.25, 0.3) is 0 Å². The molecule has 25 heavy (non-hydrogen) atoms. The SMILES string of the molecule is O=C(Nc1ccc(C(F)(F)F)cc1)[C@@H]1CC(=O)N(Cc2ccco2)C1. The summed E-state index contributed by atoms with van der Waals surface area (Å²) in [5, 5.41) is 2.55. The van der Waals surface area contributed by atoms with Crippen LogP contribution < -0.4 is 5.32 Å². The lowest BCUT2D eigenvalue weighted by Crippen LogP contribution is -2.27. The van der Waals surface area contributed by atoms with Crippen LogP contribution in [0.5, 0.6) is 0 Å². The molecule has 2 amide bonds. The summed E-state index contributed by atoms with van der Waals surface area (Å²) in [4.78, 5) is 25.8. The molecule has 0 radical (unpaired) electrons. The lowest BCUT2D eigenvalue weighted by Gasteiger charge is -2.15. The van der Waals surface area contributed by atoms with Crippen molar-refractivity contribution in [2.24, 2.45) is 5.92 Å². The van der Waals surface area contributed by atoms with Gasteiger partial charge in [-0.1, -0.05) is 0 Å². The smallest absolute Gasteiger partial charge is 0.416 e. The minimum atomic E-state index is -4.42. The van der Waals surface area contributed by atoms with Gasteiger partial charge in [-0.3, -0.25) is 9.59 Å². The van der Waals surface area contributed by atoms with Crippen LogP contribution in [0.3, 0.4) is 0 Å². The molecule has 1 saturated heterocycles. The van der Waals surface area contributed by atoms with Gasteiger partial charge >= 0.3 is 6.18 Å². The molecule has 0 bridgehead atoms. The number of likely N-dealkylation sites (tertiary alicyclic amines) is 1. The third-order valence-electron chi connectivity index (χ3n) is 3.99. The molecule has 1 aromatic carbocycles. The fourth-order valence-corrected chi connectivity index (χ4v) is 2.68. The highest BCUT2D eigenvalue weighted by Gasteiger charge is 2.35. The van der Waals surface area contributed by atoms with Crippen LogP contribution in [0, 0.1) is 5.92 Å². The molecule has 132 valence electrons. The molecule has 1 atom stereocenters. The first-order valence-corrected chi connectivity index (χ1v) is 7.61. The number of carbonyl (C=O) groups excluding carboxylic acids is 2. The van der Waals surface area contributed by atoms with E-state index in [9.17, 15) is 22.8 Å². The Balaban J connectivity index is 1.59. The van der Waals surface area contributed by atoms with Crippen LogP contribution in [0.2, 0.25) is 0 Å². The molecule has 0 spiro atoms. The van der Waals surface area contributed by atoms with E-state index in [1.54, 1.807) is 12.1 Å². The van der Waals surface area contributed by atoms with Gasteiger partial charge in [0.2, 0.25) is 11.8 Å². The number of benzene rings is 1. The van der Waals surface area contributed by atoms with E-state index in [1.165, 1.54) is 23.3 Å². The number of carbonyl (C=O) groups is 2. The van der Waals surface area contributed by atoms with Gasteiger partial charge in [0, 0.05) is 18.7 Å². The zero-order chi connectivity index (χ0) is 18.0. The normalized spacial score (nSPS) is 17.8. The standard InChI is InChI=1S/C17H15F3N2O3/c18-17(19,20)12-3-5-13(6-4-12)21-16(24)11-8-15(23)22(9-11)10-14-2-1-7-25-14/h1-7,11H,8-10H2,(H,21,24)/t11-/m1/s1. The Morgan fingerprint density at radius 1 is 1.24 bits per heavy atom. The van der Waals surface area contributed by atoms with Crippen molar-refractivity contribution in [2.45, 2.75) is 19.1 Å². The molecular weight excluding hydrogens is 337 g/mol. The molecule has 0 aliphatic carbocycles. The molecule has 3 rings (SSSR count). The van der Waals surface area contributed by atoms with Crippen LogP contribution in [0.25, 0.3) is 0 Å². The molecule has 0 unspecified atom stereocenters. The third-order valence-corrected chi connectivity index (χ3v) is 3.99. The summed E-state index contributed by atoms with van der Waals surface area (Å²) in [5.41, 5.74) is -0.527. The van der Waals surface area contributed by atoms with Crippen LogP contribution in [-0.4, -0.2) is 23.3 Å². The Kier molecular flexibility index (Phi) is 4.52. The first-order chi connectivity index (χ1) is 11.8. The molecule has 1 N–H and O–H groups in total. The molecule has 0 saturated carbocycles. The number of rotatable bonds is 4. The molecule has 8 heteroatoms. The summed E-state index contributed by atoms with van der Waals surface area (Å²) in [6.45, 7) is 0.530. The second-order valence-corrected chi connectivity index (χ2v) is 5.82. The number of halogens is 3. The Bertz CT molecular complexity index is 754. The van der Waals surface area contributed by atoms with Gasteiger partial charge in [-0.25, -0.2) is 0 Å². The molecule has 2 aromatic rings. The summed E-state index contributed by atoms with van der Waals surface area (Å²) >= 11 is 0. The highest BCUT2D eigenvalue weighted by atomic mass is 19.4. The van der Waals surface area contributed by atoms with Crippen LogP contribution in [0.1, 0.15) is 17.7 Å². The van der Waals surface area contributed by atoms with E-state index in [2.05, 4.69) is 5.32 Å². The first-order valence-electron chi connectivity index (χ1n) is 7.61. The zero-order valence-electron chi connectivity index (χ0n) is 13.0. The molecule has 5 nitrogen and oxygen atoms in total. The maximum absolute atomic E-state index is 12.5. The number of amides is 2. The second-order valence-electron chi connectivity index (χ2n) is 5.82. The Morgan fingerprint density at radius 2 is 1.96 bits per heavy atom. The Morgan fingerprint density at radius 3 is 2.56 bits per heavy atom. The number of hydrogen-bond donors (Lipinski definition) is 1. The minimum absolute atomic E-state index is 0.0627. The van der Waals surface area contributed by atoms with E-state index in [0.717, 1.165) is 12.1 Å². The van der Waals surface area contributed by atoms with Gasteiger partial charge < -0.3 is 14.6 Å².